The van der Waals surface area contributed by atoms with Crippen molar-refractivity contribution in [2.75, 3.05) is 20.3 Å². The molecule has 0 aliphatic heterocycles. The predicted molar refractivity (Wildman–Crippen MR) is 83.0 cm³/mol. The predicted octanol–water partition coefficient (Wildman–Crippen LogP) is 4.19. The van der Waals surface area contributed by atoms with Gasteiger partial charge in [0.2, 0.25) is 0 Å². The van der Waals surface area contributed by atoms with Gasteiger partial charge in [-0.3, -0.25) is 0 Å². The van der Waals surface area contributed by atoms with E-state index >= 15 is 0 Å². The molecule has 21 heavy (non-hydrogen) atoms. The molecule has 112 valence electrons. The molecule has 0 aromatic heterocycles. The van der Waals surface area contributed by atoms with Crippen molar-refractivity contribution in [3.8, 4) is 17.2 Å². The van der Waals surface area contributed by atoms with Crippen LogP contribution in [0.4, 0.5) is 4.39 Å². The number of hydrogen-bond donors (Lipinski definition) is 0. The monoisotopic (exact) mass is 354 g/mol. The van der Waals surface area contributed by atoms with Crippen molar-refractivity contribution in [2.45, 2.75) is 5.33 Å². The van der Waals surface area contributed by atoms with Gasteiger partial charge >= 0.3 is 0 Å². The lowest BCUT2D eigenvalue weighted by atomic mass is 10.2. The molecular formula is C16H16BrFO3. The Morgan fingerprint density at radius 2 is 1.62 bits per heavy atom. The van der Waals surface area contributed by atoms with E-state index in [2.05, 4.69) is 15.9 Å². The Bertz CT molecular complexity index is 572. The minimum absolute atomic E-state index is 0.234. The fourth-order valence-corrected chi connectivity index (χ4v) is 2.08. The van der Waals surface area contributed by atoms with Gasteiger partial charge in [0.25, 0.3) is 0 Å². The summed E-state index contributed by atoms with van der Waals surface area (Å²) < 4.78 is 29.6. The first-order valence-corrected chi connectivity index (χ1v) is 7.59. The van der Waals surface area contributed by atoms with Crippen LogP contribution in [0.1, 0.15) is 5.56 Å². The minimum atomic E-state index is -0.364. The van der Waals surface area contributed by atoms with E-state index in [0.29, 0.717) is 11.9 Å². The normalized spacial score (nSPS) is 10.2. The Morgan fingerprint density at radius 3 is 2.24 bits per heavy atom. The van der Waals surface area contributed by atoms with Crippen LogP contribution in [0.5, 0.6) is 17.2 Å². The zero-order valence-corrected chi connectivity index (χ0v) is 13.2. The van der Waals surface area contributed by atoms with E-state index in [-0.39, 0.29) is 18.2 Å². The molecule has 0 radical (unpaired) electrons. The highest BCUT2D eigenvalue weighted by Crippen LogP contribution is 2.20. The Labute approximate surface area is 131 Å². The van der Waals surface area contributed by atoms with Crippen molar-refractivity contribution in [2.24, 2.45) is 0 Å². The molecule has 0 spiro atoms. The number of halogens is 2. The number of ether oxygens (including phenoxy) is 3. The molecular weight excluding hydrogens is 339 g/mol. The maximum Gasteiger partial charge on any atom is 0.165 e. The molecule has 0 heterocycles. The van der Waals surface area contributed by atoms with E-state index in [4.69, 9.17) is 14.2 Å². The zero-order valence-electron chi connectivity index (χ0n) is 11.6. The first kappa shape index (κ1) is 15.6. The van der Waals surface area contributed by atoms with E-state index in [0.717, 1.165) is 17.1 Å². The van der Waals surface area contributed by atoms with Gasteiger partial charge < -0.3 is 14.2 Å². The molecule has 2 aromatic rings. The molecule has 0 saturated carbocycles. The third-order valence-electron chi connectivity index (χ3n) is 2.82. The summed E-state index contributed by atoms with van der Waals surface area (Å²) in [6.45, 7) is 0.614. The third kappa shape index (κ3) is 4.63. The summed E-state index contributed by atoms with van der Waals surface area (Å²) in [5.74, 6) is 1.36. The Balaban J connectivity index is 1.78. The Hall–Kier alpha value is -1.75. The van der Waals surface area contributed by atoms with E-state index in [1.54, 1.807) is 13.2 Å². The lowest BCUT2D eigenvalue weighted by molar-refractivity contribution is 0.211. The van der Waals surface area contributed by atoms with Gasteiger partial charge in [0.05, 0.1) is 7.11 Å². The Morgan fingerprint density at radius 1 is 0.952 bits per heavy atom. The maximum atomic E-state index is 13.7. The van der Waals surface area contributed by atoms with E-state index in [1.165, 1.54) is 6.07 Å². The molecule has 0 aliphatic rings. The van der Waals surface area contributed by atoms with Crippen LogP contribution < -0.4 is 14.2 Å². The summed E-state index contributed by atoms with van der Waals surface area (Å²) in [6.07, 6.45) is 0. The SMILES string of the molecule is COc1ccc(OCCOc2ccc(CBr)cc2F)cc1. The van der Waals surface area contributed by atoms with Crippen LogP contribution >= 0.6 is 15.9 Å². The number of alkyl halides is 1. The average Bonchev–Trinajstić information content (AvgIpc) is 2.53. The maximum absolute atomic E-state index is 13.7. The summed E-state index contributed by atoms with van der Waals surface area (Å²) in [5, 5.41) is 0.616. The molecule has 0 atom stereocenters. The fourth-order valence-electron chi connectivity index (χ4n) is 1.73. The minimum Gasteiger partial charge on any atom is -0.497 e. The van der Waals surface area contributed by atoms with Gasteiger partial charge in [0.1, 0.15) is 24.7 Å². The first-order valence-electron chi connectivity index (χ1n) is 6.47. The van der Waals surface area contributed by atoms with Gasteiger partial charge in [-0.25, -0.2) is 4.39 Å². The molecule has 0 unspecified atom stereocenters. The second kappa shape index (κ2) is 7.88. The van der Waals surface area contributed by atoms with Crippen molar-refractivity contribution in [3.63, 3.8) is 0 Å². The standard InChI is InChI=1S/C16H16BrFO3/c1-19-13-3-5-14(6-4-13)20-8-9-21-16-7-2-12(11-17)10-15(16)18/h2-7,10H,8-9,11H2,1H3. The van der Waals surface area contributed by atoms with Gasteiger partial charge in [0.15, 0.2) is 11.6 Å². The molecule has 2 rings (SSSR count). The molecule has 5 heteroatoms. The lowest BCUT2D eigenvalue weighted by Crippen LogP contribution is -2.09. The largest absolute Gasteiger partial charge is 0.497 e. The number of hydrogen-bond acceptors (Lipinski definition) is 3. The quantitative estimate of drug-likeness (QED) is 0.551. The fraction of sp³-hybridized carbons (Fsp3) is 0.250. The molecule has 0 N–H and O–H groups in total. The summed E-state index contributed by atoms with van der Waals surface area (Å²) in [7, 11) is 1.61. The molecule has 0 saturated heterocycles. The van der Waals surface area contributed by atoms with Crippen LogP contribution in [0.3, 0.4) is 0 Å². The lowest BCUT2D eigenvalue weighted by Gasteiger charge is -2.10. The molecule has 0 amide bonds. The van der Waals surface area contributed by atoms with E-state index in [9.17, 15) is 4.39 Å². The Kier molecular flexibility index (Phi) is 5.87. The third-order valence-corrected chi connectivity index (χ3v) is 3.47. The van der Waals surface area contributed by atoms with E-state index in [1.807, 2.05) is 30.3 Å². The highest BCUT2D eigenvalue weighted by atomic mass is 79.9. The van der Waals surface area contributed by atoms with Crippen LogP contribution in [-0.2, 0) is 5.33 Å². The van der Waals surface area contributed by atoms with Crippen molar-refractivity contribution >= 4 is 15.9 Å². The van der Waals surface area contributed by atoms with Crippen molar-refractivity contribution in [3.05, 3.63) is 53.8 Å². The van der Waals surface area contributed by atoms with Gasteiger partial charge in [-0.1, -0.05) is 22.0 Å². The van der Waals surface area contributed by atoms with Gasteiger partial charge in [-0.15, -0.1) is 0 Å². The second-order valence-electron chi connectivity index (χ2n) is 4.27. The number of benzene rings is 2. The van der Waals surface area contributed by atoms with E-state index < -0.39 is 0 Å². The summed E-state index contributed by atoms with van der Waals surface area (Å²) in [4.78, 5) is 0. The topological polar surface area (TPSA) is 27.7 Å². The summed E-state index contributed by atoms with van der Waals surface area (Å²) >= 11 is 3.28. The zero-order chi connectivity index (χ0) is 15.1. The van der Waals surface area contributed by atoms with Gasteiger partial charge in [-0.2, -0.15) is 0 Å². The number of methoxy groups -OCH3 is 1. The molecule has 0 aliphatic carbocycles. The average molecular weight is 355 g/mol. The van der Waals surface area contributed by atoms with Crippen molar-refractivity contribution in [1.29, 1.82) is 0 Å². The van der Waals surface area contributed by atoms with Crippen LogP contribution in [0.15, 0.2) is 42.5 Å². The van der Waals surface area contributed by atoms with Gasteiger partial charge in [0, 0.05) is 5.33 Å². The molecule has 0 bridgehead atoms. The van der Waals surface area contributed by atoms with Crippen LogP contribution in [0.25, 0.3) is 0 Å². The first-order chi connectivity index (χ1) is 10.2. The highest BCUT2D eigenvalue weighted by Gasteiger charge is 2.04. The van der Waals surface area contributed by atoms with Crippen molar-refractivity contribution < 1.29 is 18.6 Å². The molecule has 2 aromatic carbocycles. The smallest absolute Gasteiger partial charge is 0.165 e. The molecule has 0 fully saturated rings. The van der Waals surface area contributed by atoms with Crippen LogP contribution in [0.2, 0.25) is 0 Å². The summed E-state index contributed by atoms with van der Waals surface area (Å²) in [6, 6.07) is 12.1. The molecule has 3 nitrogen and oxygen atoms in total. The van der Waals surface area contributed by atoms with Crippen LogP contribution in [-0.4, -0.2) is 20.3 Å². The highest BCUT2D eigenvalue weighted by molar-refractivity contribution is 9.08. The summed E-state index contributed by atoms with van der Waals surface area (Å²) in [5.41, 5.74) is 0.870. The van der Waals surface area contributed by atoms with Crippen LogP contribution in [0, 0.1) is 5.82 Å². The number of rotatable bonds is 7. The van der Waals surface area contributed by atoms with Crippen molar-refractivity contribution in [1.82, 2.24) is 0 Å². The van der Waals surface area contributed by atoms with Gasteiger partial charge in [-0.05, 0) is 42.0 Å². The second-order valence-corrected chi connectivity index (χ2v) is 4.83.